The summed E-state index contributed by atoms with van der Waals surface area (Å²) in [5.41, 5.74) is 3.82. The summed E-state index contributed by atoms with van der Waals surface area (Å²) in [6.07, 6.45) is 1.65. The van der Waals surface area contributed by atoms with Crippen LogP contribution in [0.3, 0.4) is 0 Å². The van der Waals surface area contributed by atoms with Gasteiger partial charge in [0.1, 0.15) is 10.0 Å². The lowest BCUT2D eigenvalue weighted by Gasteiger charge is -2.08. The Morgan fingerprint density at radius 1 is 1.04 bits per heavy atom. The minimum absolute atomic E-state index is 0.283. The predicted octanol–water partition coefficient (Wildman–Crippen LogP) is 4.98. The van der Waals surface area contributed by atoms with E-state index in [1.165, 1.54) is 11.3 Å². The molecule has 0 bridgehead atoms. The molecule has 0 amide bonds. The lowest BCUT2D eigenvalue weighted by molar-refractivity contribution is 0.603. The second-order valence-corrected chi connectivity index (χ2v) is 10.8. The summed E-state index contributed by atoms with van der Waals surface area (Å²) in [6, 6.07) is 18.9. The van der Waals surface area contributed by atoms with Crippen molar-refractivity contribution in [3.63, 3.8) is 0 Å². The largest absolute Gasteiger partial charge is 0.331 e. The number of aryl methyl sites for hydroxylation is 3. The van der Waals surface area contributed by atoms with E-state index >= 15 is 0 Å². The van der Waals surface area contributed by atoms with Gasteiger partial charge in [-0.25, -0.2) is 13.4 Å². The Kier molecular flexibility index (Phi) is 5.27. The van der Waals surface area contributed by atoms with E-state index in [1.54, 1.807) is 24.3 Å². The van der Waals surface area contributed by atoms with Gasteiger partial charge in [0.15, 0.2) is 0 Å². The maximum Gasteiger partial charge on any atom is 0.271 e. The number of nitrogens with zero attached hydrogens (tertiary/aromatic N) is 2. The normalized spacial score (nSPS) is 11.8. The van der Waals surface area contributed by atoms with Crippen LogP contribution in [0.4, 0.5) is 5.69 Å². The van der Waals surface area contributed by atoms with Gasteiger partial charge in [-0.1, -0.05) is 24.3 Å². The van der Waals surface area contributed by atoms with Crippen LogP contribution in [0.2, 0.25) is 0 Å². The van der Waals surface area contributed by atoms with Gasteiger partial charge in [0.25, 0.3) is 10.0 Å². The van der Waals surface area contributed by atoms with E-state index in [0.717, 1.165) is 39.0 Å². The maximum atomic E-state index is 12.4. The minimum Gasteiger partial charge on any atom is -0.331 e. The van der Waals surface area contributed by atoms with Crippen molar-refractivity contribution >= 4 is 54.0 Å². The third kappa shape index (κ3) is 3.99. The van der Waals surface area contributed by atoms with Crippen molar-refractivity contribution in [3.8, 4) is 0 Å². The number of rotatable bonds is 6. The molecule has 4 aromatic rings. The summed E-state index contributed by atoms with van der Waals surface area (Å²) in [5.74, 6) is 1.04. The fourth-order valence-corrected chi connectivity index (χ4v) is 6.13. The number of fused-ring (bicyclic) bond motifs is 1. The van der Waals surface area contributed by atoms with Crippen LogP contribution in [0.15, 0.2) is 68.7 Å². The van der Waals surface area contributed by atoms with Gasteiger partial charge in [-0.3, -0.25) is 4.72 Å². The Morgan fingerprint density at radius 2 is 1.79 bits per heavy atom. The zero-order valence-electron chi connectivity index (χ0n) is 15.1. The third-order valence-electron chi connectivity index (χ3n) is 4.54. The Bertz CT molecular complexity index is 1230. The molecule has 4 rings (SSSR count). The summed E-state index contributed by atoms with van der Waals surface area (Å²) in [4.78, 5) is 4.70. The molecule has 0 fully saturated rings. The second kappa shape index (κ2) is 7.69. The number of hydrogen-bond donors (Lipinski definition) is 1. The van der Waals surface area contributed by atoms with E-state index in [2.05, 4.69) is 31.3 Å². The van der Waals surface area contributed by atoms with Gasteiger partial charge in [0, 0.05) is 19.2 Å². The first kappa shape index (κ1) is 19.2. The summed E-state index contributed by atoms with van der Waals surface area (Å²) in [5, 5.41) is 0. The average molecular weight is 476 g/mol. The van der Waals surface area contributed by atoms with Crippen LogP contribution in [-0.4, -0.2) is 18.0 Å². The van der Waals surface area contributed by atoms with Crippen molar-refractivity contribution in [2.45, 2.75) is 17.1 Å². The van der Waals surface area contributed by atoms with Crippen molar-refractivity contribution < 1.29 is 8.42 Å². The molecule has 0 spiro atoms. The topological polar surface area (TPSA) is 64.0 Å². The Hall–Kier alpha value is -2.16. The van der Waals surface area contributed by atoms with E-state index in [-0.39, 0.29) is 4.21 Å². The molecule has 0 saturated heterocycles. The third-order valence-corrected chi connectivity index (χ3v) is 8.03. The molecule has 2 heterocycles. The number of anilines is 1. The molecule has 2 aromatic carbocycles. The lowest BCUT2D eigenvalue weighted by atomic mass is 10.1. The van der Waals surface area contributed by atoms with Gasteiger partial charge < -0.3 is 4.57 Å². The molecule has 0 radical (unpaired) electrons. The molecule has 0 aliphatic heterocycles. The monoisotopic (exact) mass is 475 g/mol. The fraction of sp³-hybridized carbons (Fsp3) is 0.150. The summed E-state index contributed by atoms with van der Waals surface area (Å²) < 4.78 is 30.6. The van der Waals surface area contributed by atoms with Gasteiger partial charge in [-0.15, -0.1) is 11.3 Å². The molecule has 8 heteroatoms. The van der Waals surface area contributed by atoms with Crippen LogP contribution < -0.4 is 4.72 Å². The molecule has 0 saturated carbocycles. The minimum atomic E-state index is -3.56. The number of nitrogens with one attached hydrogen (secondary N) is 1. The quantitative estimate of drug-likeness (QED) is 0.427. The second-order valence-electron chi connectivity index (χ2n) is 6.44. The van der Waals surface area contributed by atoms with Crippen LogP contribution >= 0.6 is 27.3 Å². The molecular formula is C20H18BrN3O2S2. The Balaban J connectivity index is 1.44. The van der Waals surface area contributed by atoms with E-state index in [1.807, 2.05) is 37.4 Å². The zero-order chi connectivity index (χ0) is 19.7. The molecule has 5 nitrogen and oxygen atoms in total. The number of para-hydroxylation sites is 2. The number of aromatic nitrogens is 2. The van der Waals surface area contributed by atoms with Crippen LogP contribution in [0.5, 0.6) is 0 Å². The van der Waals surface area contributed by atoms with Crippen molar-refractivity contribution in [2.24, 2.45) is 7.05 Å². The fourth-order valence-electron chi connectivity index (χ4n) is 3.06. The number of benzene rings is 2. The van der Waals surface area contributed by atoms with Crippen molar-refractivity contribution in [3.05, 3.63) is 75.8 Å². The molecule has 0 aliphatic carbocycles. The molecular weight excluding hydrogens is 458 g/mol. The Labute approximate surface area is 176 Å². The van der Waals surface area contributed by atoms with Gasteiger partial charge in [-0.2, -0.15) is 0 Å². The highest BCUT2D eigenvalue weighted by atomic mass is 79.9. The molecule has 0 atom stereocenters. The first-order valence-corrected chi connectivity index (χ1v) is 11.8. The van der Waals surface area contributed by atoms with Gasteiger partial charge >= 0.3 is 0 Å². The van der Waals surface area contributed by atoms with E-state index in [0.29, 0.717) is 5.69 Å². The standard InChI is InChI=1S/C20H18BrN3O2S2/c1-24-17-5-3-2-4-16(17)22-19(24)12-8-14-6-9-15(10-7-14)23-28(25,26)20-13-11-18(21)27-20/h2-7,9-11,13,23H,8,12H2,1H3. The first-order chi connectivity index (χ1) is 13.4. The average Bonchev–Trinajstić information content (AvgIpc) is 3.26. The van der Waals surface area contributed by atoms with E-state index in [9.17, 15) is 8.42 Å². The van der Waals surface area contributed by atoms with Gasteiger partial charge in [0.05, 0.1) is 14.8 Å². The molecule has 28 heavy (non-hydrogen) atoms. The highest BCUT2D eigenvalue weighted by Crippen LogP contribution is 2.27. The zero-order valence-corrected chi connectivity index (χ0v) is 18.3. The van der Waals surface area contributed by atoms with Crippen LogP contribution in [0.25, 0.3) is 11.0 Å². The molecule has 0 unspecified atom stereocenters. The smallest absolute Gasteiger partial charge is 0.271 e. The van der Waals surface area contributed by atoms with E-state index < -0.39 is 10.0 Å². The highest BCUT2D eigenvalue weighted by Gasteiger charge is 2.16. The summed E-state index contributed by atoms with van der Waals surface area (Å²) in [7, 11) is -1.52. The van der Waals surface area contributed by atoms with Crippen molar-refractivity contribution in [2.75, 3.05) is 4.72 Å². The number of halogens is 1. The van der Waals surface area contributed by atoms with Crippen LogP contribution in [-0.2, 0) is 29.9 Å². The summed E-state index contributed by atoms with van der Waals surface area (Å²) >= 11 is 4.47. The van der Waals surface area contributed by atoms with Gasteiger partial charge in [0.2, 0.25) is 0 Å². The van der Waals surface area contributed by atoms with Crippen molar-refractivity contribution in [1.82, 2.24) is 9.55 Å². The summed E-state index contributed by atoms with van der Waals surface area (Å²) in [6.45, 7) is 0. The number of sulfonamides is 1. The molecule has 0 aliphatic rings. The van der Waals surface area contributed by atoms with Gasteiger partial charge in [-0.05, 0) is 64.3 Å². The highest BCUT2D eigenvalue weighted by molar-refractivity contribution is 9.11. The molecule has 1 N–H and O–H groups in total. The predicted molar refractivity (Wildman–Crippen MR) is 117 cm³/mol. The van der Waals surface area contributed by atoms with Crippen LogP contribution in [0, 0.1) is 0 Å². The lowest BCUT2D eigenvalue weighted by Crippen LogP contribution is -2.11. The SMILES string of the molecule is Cn1c(CCc2ccc(NS(=O)(=O)c3ccc(Br)s3)cc2)nc2ccccc21. The van der Waals surface area contributed by atoms with Crippen molar-refractivity contribution in [1.29, 1.82) is 0 Å². The number of imidazole rings is 1. The molecule has 2 aromatic heterocycles. The van der Waals surface area contributed by atoms with Crippen LogP contribution in [0.1, 0.15) is 11.4 Å². The Morgan fingerprint density at radius 3 is 2.46 bits per heavy atom. The number of hydrogen-bond acceptors (Lipinski definition) is 4. The first-order valence-electron chi connectivity index (χ1n) is 8.70. The maximum absolute atomic E-state index is 12.4. The van der Waals surface area contributed by atoms with E-state index in [4.69, 9.17) is 4.98 Å². The molecule has 144 valence electrons. The number of thiophene rings is 1.